The zero-order valence-corrected chi connectivity index (χ0v) is 14.5. The summed E-state index contributed by atoms with van der Waals surface area (Å²) < 4.78 is 1.78. The first-order valence-corrected chi connectivity index (χ1v) is 8.37. The quantitative estimate of drug-likeness (QED) is 0.705. The van der Waals surface area contributed by atoms with Crippen LogP contribution in [-0.4, -0.2) is 16.4 Å². The van der Waals surface area contributed by atoms with Gasteiger partial charge in [-0.1, -0.05) is 36.7 Å². The molecule has 0 spiro atoms. The van der Waals surface area contributed by atoms with Crippen LogP contribution in [0.4, 0.5) is 0 Å². The van der Waals surface area contributed by atoms with E-state index in [2.05, 4.69) is 10.9 Å². The average Bonchev–Trinajstić information content (AvgIpc) is 3.01. The van der Waals surface area contributed by atoms with Gasteiger partial charge >= 0.3 is 0 Å². The monoisotopic (exact) mass is 355 g/mol. The maximum atomic E-state index is 12.1. The van der Waals surface area contributed by atoms with Crippen LogP contribution in [0.25, 0.3) is 10.9 Å². The number of fused-ring (bicyclic) bond motifs is 1. The summed E-state index contributed by atoms with van der Waals surface area (Å²) in [6, 6.07) is 14.7. The van der Waals surface area contributed by atoms with E-state index in [0.717, 1.165) is 22.9 Å². The largest absolute Gasteiger partial charge is 0.338 e. The Morgan fingerprint density at radius 3 is 2.52 bits per heavy atom. The molecule has 0 atom stereocenters. The number of rotatable bonds is 4. The Hall–Kier alpha value is -2.79. The van der Waals surface area contributed by atoms with Gasteiger partial charge in [0.25, 0.3) is 11.8 Å². The molecular formula is C19H18ClN3O2. The molecule has 6 heteroatoms. The van der Waals surface area contributed by atoms with E-state index in [9.17, 15) is 9.59 Å². The molecule has 2 amide bonds. The lowest BCUT2D eigenvalue weighted by Gasteiger charge is -2.09. The molecule has 3 rings (SSSR count). The molecule has 0 saturated carbocycles. The molecule has 1 aromatic heterocycles. The third kappa shape index (κ3) is 4.00. The van der Waals surface area contributed by atoms with Gasteiger partial charge in [-0.05, 0) is 47.7 Å². The van der Waals surface area contributed by atoms with E-state index >= 15 is 0 Å². The molecule has 0 fully saturated rings. The van der Waals surface area contributed by atoms with Crippen molar-refractivity contribution in [3.63, 3.8) is 0 Å². The van der Waals surface area contributed by atoms with Gasteiger partial charge in [-0.15, -0.1) is 0 Å². The van der Waals surface area contributed by atoms with Crippen molar-refractivity contribution in [2.24, 2.45) is 0 Å². The van der Waals surface area contributed by atoms with E-state index in [1.807, 2.05) is 37.4 Å². The van der Waals surface area contributed by atoms with Crippen molar-refractivity contribution >= 4 is 34.3 Å². The summed E-state index contributed by atoms with van der Waals surface area (Å²) in [7, 11) is 0. The zero-order valence-electron chi connectivity index (χ0n) is 13.8. The predicted molar refractivity (Wildman–Crippen MR) is 98.4 cm³/mol. The van der Waals surface area contributed by atoms with Gasteiger partial charge < -0.3 is 4.57 Å². The Bertz CT molecular complexity index is 916. The van der Waals surface area contributed by atoms with Crippen LogP contribution in [0, 0.1) is 0 Å². The Morgan fingerprint density at radius 2 is 1.80 bits per heavy atom. The van der Waals surface area contributed by atoms with Crippen LogP contribution in [-0.2, 0) is 17.8 Å². The lowest BCUT2D eigenvalue weighted by atomic mass is 10.1. The van der Waals surface area contributed by atoms with Gasteiger partial charge in [0.1, 0.15) is 6.54 Å². The molecule has 0 aliphatic carbocycles. The van der Waals surface area contributed by atoms with Gasteiger partial charge in [0.05, 0.1) is 0 Å². The van der Waals surface area contributed by atoms with E-state index in [1.54, 1.807) is 28.8 Å². The predicted octanol–water partition coefficient (Wildman–Crippen LogP) is 3.32. The number of halogens is 1. The van der Waals surface area contributed by atoms with E-state index in [1.165, 1.54) is 0 Å². The minimum atomic E-state index is -0.351. The summed E-state index contributed by atoms with van der Waals surface area (Å²) in [6.45, 7) is 2.13. The summed E-state index contributed by atoms with van der Waals surface area (Å²) in [6.07, 6.45) is 2.72. The highest BCUT2D eigenvalue weighted by Gasteiger charge is 2.09. The van der Waals surface area contributed by atoms with Crippen molar-refractivity contribution in [2.75, 3.05) is 0 Å². The summed E-state index contributed by atoms with van der Waals surface area (Å²) in [5, 5.41) is 1.61. The molecule has 0 bridgehead atoms. The maximum absolute atomic E-state index is 12.1. The minimum absolute atomic E-state index is 0.0822. The number of nitrogens with one attached hydrogen (secondary N) is 2. The Morgan fingerprint density at radius 1 is 1.04 bits per heavy atom. The lowest BCUT2D eigenvalue weighted by molar-refractivity contribution is -0.122. The fraction of sp³-hybridized carbons (Fsp3) is 0.158. The number of carbonyl (C=O) groups excluding carboxylic acids is 2. The van der Waals surface area contributed by atoms with Crippen molar-refractivity contribution in [1.82, 2.24) is 15.4 Å². The van der Waals surface area contributed by atoms with Gasteiger partial charge in [0, 0.05) is 22.3 Å². The molecule has 2 aromatic carbocycles. The van der Waals surface area contributed by atoms with Crippen LogP contribution >= 0.6 is 11.6 Å². The topological polar surface area (TPSA) is 63.1 Å². The first kappa shape index (κ1) is 17.0. The number of aromatic nitrogens is 1. The standard InChI is InChI=1S/C19H18ClN3O2/c1-2-13-3-5-15(6-4-13)19(25)22-21-18(24)12-23-10-9-14-7-8-16(20)11-17(14)23/h3-11H,2,12H2,1H3,(H,21,24)(H,22,25). The number of amides is 2. The molecule has 0 unspecified atom stereocenters. The molecule has 0 radical (unpaired) electrons. The molecule has 25 heavy (non-hydrogen) atoms. The number of hydrogen-bond donors (Lipinski definition) is 2. The number of benzene rings is 2. The molecule has 2 N–H and O–H groups in total. The van der Waals surface area contributed by atoms with Crippen LogP contribution in [0.3, 0.4) is 0 Å². The van der Waals surface area contributed by atoms with E-state index < -0.39 is 0 Å². The zero-order chi connectivity index (χ0) is 17.8. The van der Waals surface area contributed by atoms with Crippen LogP contribution in [0.2, 0.25) is 5.02 Å². The van der Waals surface area contributed by atoms with Gasteiger partial charge in [0.15, 0.2) is 0 Å². The highest BCUT2D eigenvalue weighted by atomic mass is 35.5. The van der Waals surface area contributed by atoms with Crippen molar-refractivity contribution in [2.45, 2.75) is 19.9 Å². The maximum Gasteiger partial charge on any atom is 0.269 e. The third-order valence-electron chi connectivity index (χ3n) is 3.99. The number of hydrogen-bond acceptors (Lipinski definition) is 2. The highest BCUT2D eigenvalue weighted by molar-refractivity contribution is 6.31. The van der Waals surface area contributed by atoms with E-state index in [0.29, 0.717) is 10.6 Å². The van der Waals surface area contributed by atoms with Crippen LogP contribution in [0.15, 0.2) is 54.7 Å². The smallest absolute Gasteiger partial charge is 0.269 e. The van der Waals surface area contributed by atoms with Crippen molar-refractivity contribution < 1.29 is 9.59 Å². The molecule has 5 nitrogen and oxygen atoms in total. The van der Waals surface area contributed by atoms with Crippen molar-refractivity contribution in [1.29, 1.82) is 0 Å². The van der Waals surface area contributed by atoms with Crippen LogP contribution in [0.1, 0.15) is 22.8 Å². The minimum Gasteiger partial charge on any atom is -0.338 e. The summed E-state index contributed by atoms with van der Waals surface area (Å²) in [4.78, 5) is 24.2. The molecule has 3 aromatic rings. The van der Waals surface area contributed by atoms with Gasteiger partial charge in [-0.3, -0.25) is 20.4 Å². The Balaban J connectivity index is 1.60. The van der Waals surface area contributed by atoms with Crippen LogP contribution in [0.5, 0.6) is 0 Å². The fourth-order valence-corrected chi connectivity index (χ4v) is 2.75. The first-order chi connectivity index (χ1) is 12.1. The van der Waals surface area contributed by atoms with Gasteiger partial charge in [0.2, 0.25) is 0 Å². The van der Waals surface area contributed by atoms with E-state index in [-0.39, 0.29) is 18.4 Å². The number of carbonyl (C=O) groups is 2. The summed E-state index contributed by atoms with van der Waals surface area (Å²) in [5.41, 5.74) is 7.38. The number of hydrazine groups is 1. The summed E-state index contributed by atoms with van der Waals surface area (Å²) in [5.74, 6) is -0.674. The number of nitrogens with zero attached hydrogens (tertiary/aromatic N) is 1. The van der Waals surface area contributed by atoms with Gasteiger partial charge in [-0.2, -0.15) is 0 Å². The van der Waals surface area contributed by atoms with E-state index in [4.69, 9.17) is 11.6 Å². The SMILES string of the molecule is CCc1ccc(C(=O)NNC(=O)Cn2ccc3ccc(Cl)cc32)cc1. The van der Waals surface area contributed by atoms with Crippen LogP contribution < -0.4 is 10.9 Å². The highest BCUT2D eigenvalue weighted by Crippen LogP contribution is 2.20. The second-order valence-corrected chi connectivity index (χ2v) is 6.14. The molecule has 1 heterocycles. The van der Waals surface area contributed by atoms with Crippen molar-refractivity contribution in [3.8, 4) is 0 Å². The molecular weight excluding hydrogens is 338 g/mol. The average molecular weight is 356 g/mol. The lowest BCUT2D eigenvalue weighted by Crippen LogP contribution is -2.43. The molecule has 128 valence electrons. The molecule has 0 aliphatic heterocycles. The Labute approximate surface area is 150 Å². The molecule has 0 saturated heterocycles. The van der Waals surface area contributed by atoms with Gasteiger partial charge in [-0.25, -0.2) is 0 Å². The summed E-state index contributed by atoms with van der Waals surface area (Å²) >= 11 is 6.01. The molecule has 0 aliphatic rings. The Kier molecular flexibility index (Phi) is 5.05. The second-order valence-electron chi connectivity index (χ2n) is 5.70. The number of aryl methyl sites for hydroxylation is 1. The normalized spacial score (nSPS) is 10.6. The van der Waals surface area contributed by atoms with Crippen molar-refractivity contribution in [3.05, 3.63) is 70.9 Å². The second kappa shape index (κ2) is 7.40. The third-order valence-corrected chi connectivity index (χ3v) is 4.22. The first-order valence-electron chi connectivity index (χ1n) is 7.99. The fourth-order valence-electron chi connectivity index (χ4n) is 2.58.